The van der Waals surface area contributed by atoms with E-state index in [1.54, 1.807) is 0 Å². The molecule has 4 heteroatoms. The molecule has 1 spiro atoms. The summed E-state index contributed by atoms with van der Waals surface area (Å²) in [5.41, 5.74) is 0.239. The van der Waals surface area contributed by atoms with Crippen molar-refractivity contribution in [3.05, 3.63) is 12.2 Å². The minimum atomic E-state index is -0.620. The van der Waals surface area contributed by atoms with Crippen LogP contribution in [0.3, 0.4) is 0 Å². The second-order valence-electron chi connectivity index (χ2n) is 10.2. The van der Waals surface area contributed by atoms with Crippen molar-refractivity contribution in [2.24, 2.45) is 28.1 Å². The largest absolute Gasteiger partial charge is 0.481 e. The van der Waals surface area contributed by atoms with Crippen LogP contribution in [0.4, 0.5) is 0 Å². The van der Waals surface area contributed by atoms with E-state index in [0.29, 0.717) is 5.92 Å². The molecule has 0 aromatic heterocycles. The molecule has 0 aromatic carbocycles. The number of esters is 1. The van der Waals surface area contributed by atoms with Crippen molar-refractivity contribution in [2.45, 2.75) is 84.2 Å². The lowest BCUT2D eigenvalue weighted by Gasteiger charge is -2.63. The van der Waals surface area contributed by atoms with Crippen molar-refractivity contribution in [3.8, 4) is 0 Å². The molecule has 4 unspecified atom stereocenters. The molecule has 26 heavy (non-hydrogen) atoms. The Kier molecular flexibility index (Phi) is 3.72. The molecule has 0 saturated heterocycles. The van der Waals surface area contributed by atoms with Gasteiger partial charge in [0.2, 0.25) is 0 Å². The summed E-state index contributed by atoms with van der Waals surface area (Å²) in [6.45, 7) is 10.2. The Morgan fingerprint density at radius 1 is 1.12 bits per heavy atom. The van der Waals surface area contributed by atoms with Crippen LogP contribution in [0.5, 0.6) is 0 Å². The van der Waals surface area contributed by atoms with Crippen molar-refractivity contribution < 1.29 is 19.4 Å². The van der Waals surface area contributed by atoms with Crippen LogP contribution in [0.15, 0.2) is 12.2 Å². The van der Waals surface area contributed by atoms with Gasteiger partial charge in [-0.15, -0.1) is 0 Å². The Bertz CT molecular complexity index is 684. The fourth-order valence-corrected chi connectivity index (χ4v) is 8.02. The van der Waals surface area contributed by atoms with Crippen LogP contribution < -0.4 is 0 Å². The summed E-state index contributed by atoms with van der Waals surface area (Å²) in [5, 5.41) is 9.99. The first-order chi connectivity index (χ1) is 12.1. The monoisotopic (exact) mass is 360 g/mol. The summed E-state index contributed by atoms with van der Waals surface area (Å²) < 4.78 is 5.84. The number of aliphatic carboxylic acids is 1. The molecule has 4 aliphatic rings. The molecule has 0 radical (unpaired) electrons. The molecule has 4 aliphatic carbocycles. The van der Waals surface area contributed by atoms with Crippen molar-refractivity contribution in [3.63, 3.8) is 0 Å². The third-order valence-corrected chi connectivity index (χ3v) is 8.95. The van der Waals surface area contributed by atoms with Crippen LogP contribution in [0, 0.1) is 28.1 Å². The molecular formula is C22H32O4. The predicted molar refractivity (Wildman–Crippen MR) is 98.5 cm³/mol. The number of ether oxygens (including phenoxy) is 1. The number of carbonyl (C=O) groups excluding carboxylic acids is 1. The first-order valence-corrected chi connectivity index (χ1v) is 10.2. The Morgan fingerprint density at radius 3 is 2.46 bits per heavy atom. The van der Waals surface area contributed by atoms with E-state index in [0.717, 1.165) is 63.4 Å². The molecule has 0 aromatic rings. The normalized spacial score (nSPS) is 49.9. The fraction of sp³-hybridized carbons (Fsp3) is 0.818. The van der Waals surface area contributed by atoms with E-state index in [4.69, 9.17) is 4.74 Å². The molecule has 4 nitrogen and oxygen atoms in total. The Balaban J connectivity index is 1.71. The van der Waals surface area contributed by atoms with Crippen molar-refractivity contribution >= 4 is 11.9 Å². The van der Waals surface area contributed by atoms with Crippen LogP contribution in [-0.2, 0) is 14.3 Å². The van der Waals surface area contributed by atoms with E-state index in [9.17, 15) is 14.7 Å². The Labute approximate surface area is 156 Å². The van der Waals surface area contributed by atoms with Gasteiger partial charge in [0.1, 0.15) is 5.60 Å². The second-order valence-corrected chi connectivity index (χ2v) is 10.2. The van der Waals surface area contributed by atoms with E-state index >= 15 is 0 Å². The Morgan fingerprint density at radius 2 is 1.81 bits per heavy atom. The van der Waals surface area contributed by atoms with Gasteiger partial charge in [0.25, 0.3) is 0 Å². The number of hydrogen-bond donors (Lipinski definition) is 1. The lowest BCUT2D eigenvalue weighted by atomic mass is 9.41. The van der Waals surface area contributed by atoms with Gasteiger partial charge in [-0.3, -0.25) is 9.59 Å². The zero-order valence-corrected chi connectivity index (χ0v) is 16.4. The highest BCUT2D eigenvalue weighted by molar-refractivity contribution is 5.75. The van der Waals surface area contributed by atoms with Gasteiger partial charge in [-0.05, 0) is 86.5 Å². The number of carboxylic acids is 1. The van der Waals surface area contributed by atoms with Crippen molar-refractivity contribution in [1.82, 2.24) is 0 Å². The van der Waals surface area contributed by atoms with Crippen molar-refractivity contribution in [1.29, 1.82) is 0 Å². The lowest BCUT2D eigenvalue weighted by molar-refractivity contribution is -0.191. The maximum absolute atomic E-state index is 12.1. The fourth-order valence-electron chi connectivity index (χ4n) is 8.02. The molecule has 0 heterocycles. The van der Waals surface area contributed by atoms with E-state index in [-0.39, 0.29) is 22.7 Å². The molecule has 2 bridgehead atoms. The van der Waals surface area contributed by atoms with E-state index < -0.39 is 17.0 Å². The van der Waals surface area contributed by atoms with Crippen LogP contribution in [0.25, 0.3) is 0 Å². The smallest absolute Gasteiger partial charge is 0.309 e. The van der Waals surface area contributed by atoms with Crippen LogP contribution in [0.2, 0.25) is 0 Å². The molecular weight excluding hydrogens is 328 g/mol. The van der Waals surface area contributed by atoms with Crippen LogP contribution in [0.1, 0.15) is 78.6 Å². The standard InChI is InChI=1S/C22H32O4/c1-14-12-21-10-6-16-19(3,8-5-9-20(16,4)18(24)25)17(21)7-11-22(14,13-21)26-15(2)23/h16-17H,1,5-13H2,2-4H3,(H,24,25)/t16-,17-,19?,20?,21?,22?/m0/s1. The van der Waals surface area contributed by atoms with Gasteiger partial charge >= 0.3 is 11.9 Å². The van der Waals surface area contributed by atoms with E-state index in [1.165, 1.54) is 6.92 Å². The summed E-state index contributed by atoms with van der Waals surface area (Å²) in [7, 11) is 0. The van der Waals surface area contributed by atoms with Gasteiger partial charge in [0, 0.05) is 6.92 Å². The van der Waals surface area contributed by atoms with Crippen LogP contribution >= 0.6 is 0 Å². The molecule has 0 aliphatic heterocycles. The minimum absolute atomic E-state index is 0.0661. The third kappa shape index (κ3) is 2.13. The molecule has 4 saturated carbocycles. The van der Waals surface area contributed by atoms with Gasteiger partial charge in [-0.25, -0.2) is 0 Å². The summed E-state index contributed by atoms with van der Waals surface area (Å²) in [4.78, 5) is 23.9. The zero-order chi connectivity index (χ0) is 19.0. The maximum atomic E-state index is 12.1. The summed E-state index contributed by atoms with van der Waals surface area (Å²) in [5.74, 6) is -0.0782. The quantitative estimate of drug-likeness (QED) is 0.571. The van der Waals surface area contributed by atoms with E-state index in [1.807, 2.05) is 6.92 Å². The molecule has 144 valence electrons. The number of carboxylic acid groups (broad SMARTS) is 1. The number of fused-ring (bicyclic) bond motifs is 3. The van der Waals surface area contributed by atoms with Crippen LogP contribution in [-0.4, -0.2) is 22.6 Å². The highest BCUT2D eigenvalue weighted by atomic mass is 16.6. The Hall–Kier alpha value is -1.32. The molecule has 0 amide bonds. The molecule has 4 fully saturated rings. The summed E-state index contributed by atoms with van der Waals surface area (Å²) in [6.07, 6.45) is 8.65. The highest BCUT2D eigenvalue weighted by Crippen LogP contribution is 2.73. The maximum Gasteiger partial charge on any atom is 0.309 e. The molecule has 6 atom stereocenters. The van der Waals surface area contributed by atoms with Gasteiger partial charge in [-0.1, -0.05) is 19.9 Å². The average molecular weight is 360 g/mol. The number of hydrogen-bond acceptors (Lipinski definition) is 3. The topological polar surface area (TPSA) is 63.6 Å². The number of rotatable bonds is 2. The van der Waals surface area contributed by atoms with Gasteiger partial charge < -0.3 is 9.84 Å². The average Bonchev–Trinajstić information content (AvgIpc) is 2.72. The minimum Gasteiger partial charge on any atom is -0.481 e. The first kappa shape index (κ1) is 18.1. The third-order valence-electron chi connectivity index (χ3n) is 8.95. The zero-order valence-electron chi connectivity index (χ0n) is 16.4. The summed E-state index contributed by atoms with van der Waals surface area (Å²) >= 11 is 0. The molecule has 1 N–H and O–H groups in total. The van der Waals surface area contributed by atoms with Gasteiger partial charge in [0.15, 0.2) is 0 Å². The van der Waals surface area contributed by atoms with Crippen molar-refractivity contribution in [2.75, 3.05) is 0 Å². The predicted octanol–water partition coefficient (Wildman–Crippen LogP) is 4.73. The highest BCUT2D eigenvalue weighted by Gasteiger charge is 2.68. The SMILES string of the molecule is C=C1CC23CC[C@@H]4C(C)(C(=O)O)CCCC4(C)[C@@H]2CCC1(OC(C)=O)C3. The second kappa shape index (κ2) is 5.36. The lowest BCUT2D eigenvalue weighted by Crippen LogP contribution is -2.59. The van der Waals surface area contributed by atoms with E-state index in [2.05, 4.69) is 13.5 Å². The molecule has 4 rings (SSSR count). The van der Waals surface area contributed by atoms with Gasteiger partial charge in [0.05, 0.1) is 5.41 Å². The first-order valence-electron chi connectivity index (χ1n) is 10.2. The van der Waals surface area contributed by atoms with Gasteiger partial charge in [-0.2, -0.15) is 0 Å². The number of carbonyl (C=O) groups is 2. The summed E-state index contributed by atoms with van der Waals surface area (Å²) in [6, 6.07) is 0.